The van der Waals surface area contributed by atoms with Crippen LogP contribution in [-0.4, -0.2) is 22.3 Å². The molecule has 2 aromatic heterocycles. The third-order valence-corrected chi connectivity index (χ3v) is 4.96. The van der Waals surface area contributed by atoms with Crippen molar-refractivity contribution in [3.8, 4) is 0 Å². The van der Waals surface area contributed by atoms with Gasteiger partial charge in [0.15, 0.2) is 0 Å². The number of hydrogen-bond acceptors (Lipinski definition) is 2. The second-order valence-electron chi connectivity index (χ2n) is 5.46. The van der Waals surface area contributed by atoms with Crippen molar-refractivity contribution in [1.29, 1.82) is 0 Å². The Morgan fingerprint density at radius 3 is 3.10 bits per heavy atom. The van der Waals surface area contributed by atoms with E-state index in [0.717, 1.165) is 35.9 Å². The lowest BCUT2D eigenvalue weighted by molar-refractivity contribution is 0.0737. The van der Waals surface area contributed by atoms with E-state index in [1.807, 2.05) is 35.4 Å². The summed E-state index contributed by atoms with van der Waals surface area (Å²) in [6, 6.07) is 10.3. The smallest absolute Gasteiger partial charge is 0.256 e. The maximum absolute atomic E-state index is 13.0. The van der Waals surface area contributed by atoms with Crippen molar-refractivity contribution in [1.82, 2.24) is 9.88 Å². The Hall–Kier alpha value is -2.07. The SMILES string of the molecule is O=C(c1cccc2cc[nH]c12)N1CCCC1c1ccsc1. The van der Waals surface area contributed by atoms with Crippen LogP contribution < -0.4 is 0 Å². The molecule has 1 unspecified atom stereocenters. The predicted molar refractivity (Wildman–Crippen MR) is 85.6 cm³/mol. The van der Waals surface area contributed by atoms with E-state index in [0.29, 0.717) is 0 Å². The molecule has 3 nitrogen and oxygen atoms in total. The molecule has 4 heteroatoms. The molecule has 3 heterocycles. The molecule has 106 valence electrons. The fourth-order valence-corrected chi connectivity index (χ4v) is 3.95. The van der Waals surface area contributed by atoms with Gasteiger partial charge in [-0.1, -0.05) is 12.1 Å². The zero-order chi connectivity index (χ0) is 14.2. The van der Waals surface area contributed by atoms with E-state index in [-0.39, 0.29) is 11.9 Å². The molecule has 21 heavy (non-hydrogen) atoms. The summed E-state index contributed by atoms with van der Waals surface area (Å²) in [6.45, 7) is 0.844. The maximum Gasteiger partial charge on any atom is 0.256 e. The Balaban J connectivity index is 1.72. The Bertz CT molecular complexity index is 775. The van der Waals surface area contributed by atoms with Crippen LogP contribution in [0.4, 0.5) is 0 Å². The van der Waals surface area contributed by atoms with E-state index < -0.39 is 0 Å². The number of benzene rings is 1. The van der Waals surface area contributed by atoms with Crippen molar-refractivity contribution in [2.45, 2.75) is 18.9 Å². The fourth-order valence-electron chi connectivity index (χ4n) is 3.24. The number of nitrogens with one attached hydrogen (secondary N) is 1. The summed E-state index contributed by atoms with van der Waals surface area (Å²) in [5.41, 5.74) is 2.99. The van der Waals surface area contributed by atoms with Crippen LogP contribution >= 0.6 is 11.3 Å². The molecule has 0 radical (unpaired) electrons. The predicted octanol–water partition coefficient (Wildman–Crippen LogP) is 4.21. The Kier molecular flexibility index (Phi) is 3.04. The van der Waals surface area contributed by atoms with Gasteiger partial charge in [0.05, 0.1) is 17.1 Å². The van der Waals surface area contributed by atoms with Crippen molar-refractivity contribution in [3.63, 3.8) is 0 Å². The van der Waals surface area contributed by atoms with E-state index >= 15 is 0 Å². The first-order valence-electron chi connectivity index (χ1n) is 7.24. The monoisotopic (exact) mass is 296 g/mol. The number of carbonyl (C=O) groups is 1. The standard InChI is InChI=1S/C17H16N2OS/c20-17(14-4-1-3-12-6-8-18-16(12)14)19-9-2-5-15(19)13-7-10-21-11-13/h1,3-4,6-8,10-11,15,18H,2,5,9H2. The molecule has 4 rings (SSSR count). The van der Waals surface area contributed by atoms with Crippen LogP contribution in [-0.2, 0) is 0 Å². The third-order valence-electron chi connectivity index (χ3n) is 4.26. The molecule has 3 aromatic rings. The highest BCUT2D eigenvalue weighted by Crippen LogP contribution is 2.34. The average molecular weight is 296 g/mol. The van der Waals surface area contributed by atoms with Crippen LogP contribution in [0.3, 0.4) is 0 Å². The van der Waals surface area contributed by atoms with Crippen molar-refractivity contribution in [2.24, 2.45) is 0 Å². The molecule has 1 amide bonds. The molecule has 1 aliphatic heterocycles. The highest BCUT2D eigenvalue weighted by Gasteiger charge is 2.31. The zero-order valence-corrected chi connectivity index (χ0v) is 12.4. The second kappa shape index (κ2) is 5.04. The molecule has 1 fully saturated rings. The molecule has 0 bridgehead atoms. The minimum atomic E-state index is 0.136. The van der Waals surface area contributed by atoms with E-state index in [2.05, 4.69) is 21.8 Å². The van der Waals surface area contributed by atoms with Crippen LogP contribution in [0.5, 0.6) is 0 Å². The molecule has 1 atom stereocenters. The summed E-state index contributed by atoms with van der Waals surface area (Å²) in [7, 11) is 0. The van der Waals surface area contributed by atoms with E-state index in [1.54, 1.807) is 11.3 Å². The number of aromatic amines is 1. The van der Waals surface area contributed by atoms with Gasteiger partial charge in [0.25, 0.3) is 5.91 Å². The lowest BCUT2D eigenvalue weighted by atomic mass is 10.1. The van der Waals surface area contributed by atoms with Gasteiger partial charge < -0.3 is 9.88 Å². The number of thiophene rings is 1. The summed E-state index contributed by atoms with van der Waals surface area (Å²) in [5, 5.41) is 5.33. The molecule has 0 aliphatic carbocycles. The van der Waals surface area contributed by atoms with Gasteiger partial charge in [-0.05, 0) is 47.4 Å². The average Bonchev–Trinajstić information content (AvgIpc) is 3.23. The normalized spacial score (nSPS) is 18.5. The largest absolute Gasteiger partial charge is 0.361 e. The highest BCUT2D eigenvalue weighted by molar-refractivity contribution is 7.08. The number of fused-ring (bicyclic) bond motifs is 1. The van der Waals surface area contributed by atoms with Gasteiger partial charge >= 0.3 is 0 Å². The van der Waals surface area contributed by atoms with Gasteiger partial charge in [0, 0.05) is 18.1 Å². The van der Waals surface area contributed by atoms with Gasteiger partial charge in [-0.25, -0.2) is 0 Å². The first kappa shape index (κ1) is 12.7. The van der Waals surface area contributed by atoms with Crippen molar-refractivity contribution >= 4 is 28.1 Å². The molecule has 0 spiro atoms. The lowest BCUT2D eigenvalue weighted by Gasteiger charge is -2.24. The number of hydrogen-bond donors (Lipinski definition) is 1. The highest BCUT2D eigenvalue weighted by atomic mass is 32.1. The Labute approximate surface area is 127 Å². The van der Waals surface area contributed by atoms with Crippen LogP contribution in [0.25, 0.3) is 10.9 Å². The van der Waals surface area contributed by atoms with E-state index in [1.165, 1.54) is 5.56 Å². The number of amides is 1. The molecule has 1 saturated heterocycles. The number of nitrogens with zero attached hydrogens (tertiary/aromatic N) is 1. The van der Waals surface area contributed by atoms with Gasteiger partial charge in [0.2, 0.25) is 0 Å². The summed E-state index contributed by atoms with van der Waals surface area (Å²) in [4.78, 5) is 18.2. The molecule has 1 aliphatic rings. The van der Waals surface area contributed by atoms with Crippen molar-refractivity contribution in [3.05, 3.63) is 58.4 Å². The van der Waals surface area contributed by atoms with Gasteiger partial charge in [0.1, 0.15) is 0 Å². The summed E-state index contributed by atoms with van der Waals surface area (Å²) in [6.07, 6.45) is 4.03. The van der Waals surface area contributed by atoms with Crippen LogP contribution in [0.15, 0.2) is 47.3 Å². The molecular weight excluding hydrogens is 280 g/mol. The second-order valence-corrected chi connectivity index (χ2v) is 6.24. The number of aromatic nitrogens is 1. The van der Waals surface area contributed by atoms with Crippen molar-refractivity contribution < 1.29 is 4.79 Å². The number of rotatable bonds is 2. The van der Waals surface area contributed by atoms with Gasteiger partial charge in [-0.3, -0.25) is 4.79 Å². The Morgan fingerprint density at radius 2 is 2.24 bits per heavy atom. The summed E-state index contributed by atoms with van der Waals surface area (Å²) in [5.74, 6) is 0.136. The number of carbonyl (C=O) groups excluding carboxylic acids is 1. The zero-order valence-electron chi connectivity index (χ0n) is 11.6. The summed E-state index contributed by atoms with van der Waals surface area (Å²) >= 11 is 1.70. The topological polar surface area (TPSA) is 36.1 Å². The first-order chi connectivity index (χ1) is 10.3. The van der Waals surface area contributed by atoms with Crippen LogP contribution in [0.2, 0.25) is 0 Å². The minimum absolute atomic E-state index is 0.136. The molecule has 1 N–H and O–H groups in total. The van der Waals surface area contributed by atoms with Crippen LogP contribution in [0.1, 0.15) is 34.8 Å². The number of likely N-dealkylation sites (tertiary alicyclic amines) is 1. The fraction of sp³-hybridized carbons (Fsp3) is 0.235. The van der Waals surface area contributed by atoms with Gasteiger partial charge in [-0.15, -0.1) is 0 Å². The first-order valence-corrected chi connectivity index (χ1v) is 8.18. The Morgan fingerprint density at radius 1 is 1.29 bits per heavy atom. The summed E-state index contributed by atoms with van der Waals surface area (Å²) < 4.78 is 0. The van der Waals surface area contributed by atoms with Crippen molar-refractivity contribution in [2.75, 3.05) is 6.54 Å². The minimum Gasteiger partial charge on any atom is -0.361 e. The van der Waals surface area contributed by atoms with Gasteiger partial charge in [-0.2, -0.15) is 11.3 Å². The van der Waals surface area contributed by atoms with Crippen LogP contribution in [0, 0.1) is 0 Å². The quantitative estimate of drug-likeness (QED) is 0.755. The molecular formula is C17H16N2OS. The lowest BCUT2D eigenvalue weighted by Crippen LogP contribution is -2.30. The number of H-pyrrole nitrogens is 1. The van der Waals surface area contributed by atoms with E-state index in [9.17, 15) is 4.79 Å². The third kappa shape index (κ3) is 2.07. The number of para-hydroxylation sites is 1. The maximum atomic E-state index is 13.0. The molecule has 0 saturated carbocycles. The molecule has 1 aromatic carbocycles. The van der Waals surface area contributed by atoms with E-state index in [4.69, 9.17) is 0 Å².